The second kappa shape index (κ2) is 5.70. The third-order valence-corrected chi connectivity index (χ3v) is 3.41. The summed E-state index contributed by atoms with van der Waals surface area (Å²) in [6.45, 7) is 0. The van der Waals surface area contributed by atoms with Crippen LogP contribution in [0.2, 0.25) is 0 Å². The number of nitrogens with one attached hydrogen (secondary N) is 2. The summed E-state index contributed by atoms with van der Waals surface area (Å²) in [7, 11) is 0. The molecule has 0 aliphatic carbocycles. The van der Waals surface area contributed by atoms with Crippen LogP contribution in [0.1, 0.15) is 0 Å². The second-order valence-corrected chi connectivity index (χ2v) is 4.73. The molecular weight excluding hydrogens is 329 g/mol. The Morgan fingerprint density at radius 2 is 2.04 bits per heavy atom. The molecule has 0 saturated carbocycles. The third kappa shape index (κ3) is 2.35. The van der Waals surface area contributed by atoms with Gasteiger partial charge in [0.25, 0.3) is 5.69 Å². The number of H-pyrrole nitrogens is 2. The summed E-state index contributed by atoms with van der Waals surface area (Å²) in [5, 5.41) is 14.0. The minimum absolute atomic E-state index is 0. The molecule has 0 spiro atoms. The standard InChI is InChI=1S/C12H7N7O4.Na/c20-11-15-10-6-3-8(17-2-1-13-5-17)9(19(22)23)4-7(6)14-12(21)18(10)16-11;/h1-5H,(H,14,21)(H,16,20);/q;+1. The number of fused-ring (bicyclic) bond motifs is 3. The molecule has 0 aliphatic rings. The van der Waals surface area contributed by atoms with Crippen molar-refractivity contribution in [3.8, 4) is 5.69 Å². The molecule has 0 atom stereocenters. The van der Waals surface area contributed by atoms with E-state index in [9.17, 15) is 19.7 Å². The molecule has 0 aliphatic heterocycles. The minimum Gasteiger partial charge on any atom is -0.305 e. The Morgan fingerprint density at radius 3 is 2.71 bits per heavy atom. The largest absolute Gasteiger partial charge is 1.00 e. The van der Waals surface area contributed by atoms with Gasteiger partial charge in [0.15, 0.2) is 5.65 Å². The molecule has 0 unspecified atom stereocenters. The summed E-state index contributed by atoms with van der Waals surface area (Å²) in [6.07, 6.45) is 4.44. The smallest absolute Gasteiger partial charge is 0.305 e. The fourth-order valence-corrected chi connectivity index (χ4v) is 2.44. The number of nitro benzene ring substituents is 1. The molecule has 114 valence electrons. The molecule has 0 bridgehead atoms. The average molecular weight is 336 g/mol. The van der Waals surface area contributed by atoms with Crippen molar-refractivity contribution < 1.29 is 34.5 Å². The summed E-state index contributed by atoms with van der Waals surface area (Å²) in [5.74, 6) is 0. The monoisotopic (exact) mass is 336 g/mol. The van der Waals surface area contributed by atoms with Gasteiger partial charge in [-0.25, -0.2) is 19.7 Å². The predicted octanol–water partition coefficient (Wildman–Crippen LogP) is -3.04. The van der Waals surface area contributed by atoms with Gasteiger partial charge in [0.2, 0.25) is 0 Å². The first-order valence-corrected chi connectivity index (χ1v) is 6.36. The van der Waals surface area contributed by atoms with Gasteiger partial charge in [-0.2, -0.15) is 9.50 Å². The van der Waals surface area contributed by atoms with Crippen LogP contribution in [0.15, 0.2) is 40.4 Å². The van der Waals surface area contributed by atoms with E-state index >= 15 is 0 Å². The maximum absolute atomic E-state index is 11.9. The van der Waals surface area contributed by atoms with Crippen LogP contribution in [0, 0.1) is 10.1 Å². The van der Waals surface area contributed by atoms with E-state index < -0.39 is 16.3 Å². The quantitative estimate of drug-likeness (QED) is 0.226. The maximum atomic E-state index is 11.9. The molecular formula is C12H7N7NaO4+. The number of rotatable bonds is 2. The number of nitrogens with zero attached hydrogens (tertiary/aromatic N) is 5. The van der Waals surface area contributed by atoms with Crippen LogP contribution in [0.3, 0.4) is 0 Å². The zero-order valence-electron chi connectivity index (χ0n) is 12.3. The van der Waals surface area contributed by atoms with Gasteiger partial charge in [-0.1, -0.05) is 0 Å². The molecule has 4 aromatic rings. The van der Waals surface area contributed by atoms with Crippen LogP contribution in [0.5, 0.6) is 0 Å². The third-order valence-electron chi connectivity index (χ3n) is 3.41. The number of aromatic amines is 2. The Hall–Kier alpha value is -2.76. The predicted molar refractivity (Wildman–Crippen MR) is 77.7 cm³/mol. The van der Waals surface area contributed by atoms with E-state index in [0.29, 0.717) is 5.39 Å². The van der Waals surface area contributed by atoms with E-state index in [1.807, 2.05) is 0 Å². The zero-order valence-corrected chi connectivity index (χ0v) is 14.3. The SMILES string of the molecule is O=c1nc2c3cc(-n4ccnc4)c([N+](=O)[O-])cc3[nH]c(=O)n2[nH]1.[Na+]. The van der Waals surface area contributed by atoms with Crippen molar-refractivity contribution in [2.75, 3.05) is 0 Å². The Kier molecular flexibility index (Phi) is 3.83. The second-order valence-electron chi connectivity index (χ2n) is 4.73. The van der Waals surface area contributed by atoms with Crippen LogP contribution >= 0.6 is 0 Å². The van der Waals surface area contributed by atoms with E-state index in [-0.39, 0.29) is 52.1 Å². The molecule has 0 fully saturated rings. The first kappa shape index (κ1) is 16.1. The normalized spacial score (nSPS) is 10.8. The molecule has 12 heteroatoms. The molecule has 3 aromatic heterocycles. The fraction of sp³-hybridized carbons (Fsp3) is 0. The van der Waals surface area contributed by atoms with Gasteiger partial charge in [0.05, 0.1) is 16.8 Å². The van der Waals surface area contributed by atoms with Gasteiger partial charge in [0.1, 0.15) is 5.69 Å². The number of nitro groups is 1. The summed E-state index contributed by atoms with van der Waals surface area (Å²) in [5.41, 5.74) is -1.02. The van der Waals surface area contributed by atoms with Gasteiger partial charge in [-0.05, 0) is 6.07 Å². The Labute approximate surface area is 153 Å². The van der Waals surface area contributed by atoms with E-state index in [1.165, 1.54) is 29.2 Å². The number of hydrogen-bond donors (Lipinski definition) is 2. The van der Waals surface area contributed by atoms with Crippen molar-refractivity contribution in [1.82, 2.24) is 29.1 Å². The Bertz CT molecular complexity index is 1190. The van der Waals surface area contributed by atoms with Crippen LogP contribution in [-0.2, 0) is 0 Å². The van der Waals surface area contributed by atoms with Crippen LogP contribution in [0.25, 0.3) is 22.2 Å². The molecule has 0 saturated heterocycles. The van der Waals surface area contributed by atoms with Gasteiger partial charge < -0.3 is 9.55 Å². The zero-order chi connectivity index (χ0) is 16.1. The van der Waals surface area contributed by atoms with Gasteiger partial charge >= 0.3 is 40.9 Å². The Morgan fingerprint density at radius 1 is 1.25 bits per heavy atom. The minimum atomic E-state index is -0.689. The molecule has 4 rings (SSSR count). The van der Waals surface area contributed by atoms with Crippen LogP contribution < -0.4 is 40.9 Å². The summed E-state index contributed by atoms with van der Waals surface area (Å²) in [4.78, 5) is 44.2. The first-order chi connectivity index (χ1) is 11.0. The van der Waals surface area contributed by atoms with Gasteiger partial charge in [-0.3, -0.25) is 10.1 Å². The topological polar surface area (TPSA) is 144 Å². The summed E-state index contributed by atoms with van der Waals surface area (Å²) >= 11 is 0. The van der Waals surface area contributed by atoms with Crippen molar-refractivity contribution in [3.63, 3.8) is 0 Å². The van der Waals surface area contributed by atoms with E-state index in [0.717, 1.165) is 4.52 Å². The van der Waals surface area contributed by atoms with E-state index in [1.54, 1.807) is 6.20 Å². The molecule has 2 N–H and O–H groups in total. The molecule has 0 radical (unpaired) electrons. The van der Waals surface area contributed by atoms with Crippen molar-refractivity contribution in [2.24, 2.45) is 0 Å². The number of hydrogen-bond acceptors (Lipinski definition) is 6. The summed E-state index contributed by atoms with van der Waals surface area (Å²) in [6, 6.07) is 2.70. The fourth-order valence-electron chi connectivity index (χ4n) is 2.44. The maximum Gasteiger partial charge on any atom is 1.00 e. The van der Waals surface area contributed by atoms with E-state index in [2.05, 4.69) is 20.1 Å². The molecule has 0 amide bonds. The average Bonchev–Trinajstić information content (AvgIpc) is 3.15. The van der Waals surface area contributed by atoms with Crippen molar-refractivity contribution in [3.05, 3.63) is 61.9 Å². The van der Waals surface area contributed by atoms with E-state index in [4.69, 9.17) is 0 Å². The van der Waals surface area contributed by atoms with Gasteiger partial charge in [0, 0.05) is 23.8 Å². The molecule has 24 heavy (non-hydrogen) atoms. The van der Waals surface area contributed by atoms with Gasteiger partial charge in [-0.15, -0.1) is 0 Å². The first-order valence-electron chi connectivity index (χ1n) is 6.36. The molecule has 1 aromatic carbocycles. The molecule has 3 heterocycles. The van der Waals surface area contributed by atoms with Crippen molar-refractivity contribution >= 4 is 22.2 Å². The van der Waals surface area contributed by atoms with Crippen LogP contribution in [0.4, 0.5) is 5.69 Å². The number of benzene rings is 1. The summed E-state index contributed by atoms with van der Waals surface area (Å²) < 4.78 is 2.41. The molecule has 11 nitrogen and oxygen atoms in total. The number of imidazole rings is 1. The Balaban J connectivity index is 0.00000169. The van der Waals surface area contributed by atoms with Crippen LogP contribution in [-0.4, -0.2) is 34.1 Å². The van der Waals surface area contributed by atoms with Crippen molar-refractivity contribution in [2.45, 2.75) is 0 Å². The van der Waals surface area contributed by atoms with Crippen molar-refractivity contribution in [1.29, 1.82) is 0 Å². The number of aromatic nitrogens is 6.